The van der Waals surface area contributed by atoms with Crippen LogP contribution in [0.4, 0.5) is 43.4 Å². The fraction of sp³-hybridized carbons (Fsp3) is 0.105. The van der Waals surface area contributed by atoms with Crippen molar-refractivity contribution in [3.8, 4) is 0 Å². The first-order valence-corrected chi connectivity index (χ1v) is 7.71. The summed E-state index contributed by atoms with van der Waals surface area (Å²) in [5, 5.41) is 0. The molecule has 0 aliphatic heterocycles. The van der Waals surface area contributed by atoms with Gasteiger partial charge in [-0.05, 0) is 42.5 Å². The van der Waals surface area contributed by atoms with Crippen LogP contribution in [0.1, 0.15) is 11.1 Å². The number of anilines is 3. The Morgan fingerprint density at radius 3 is 1.67 bits per heavy atom. The summed E-state index contributed by atoms with van der Waals surface area (Å²) in [6.45, 7) is 0. The molecule has 2 nitrogen and oxygen atoms in total. The van der Waals surface area contributed by atoms with E-state index < -0.39 is 23.5 Å². The molecule has 2 aromatic carbocycles. The van der Waals surface area contributed by atoms with Crippen LogP contribution in [0.15, 0.2) is 73.1 Å². The Morgan fingerprint density at radius 1 is 0.630 bits per heavy atom. The smallest absolute Gasteiger partial charge is 0.309 e. The molecule has 3 rings (SSSR count). The van der Waals surface area contributed by atoms with Crippen LogP contribution >= 0.6 is 0 Å². The maximum absolute atomic E-state index is 13.2. The number of nitrogens with zero attached hydrogens (tertiary/aromatic N) is 2. The molecular formula is C19H12F6N2. The van der Waals surface area contributed by atoms with Crippen molar-refractivity contribution in [3.05, 3.63) is 84.2 Å². The minimum absolute atomic E-state index is 0.107. The van der Waals surface area contributed by atoms with Gasteiger partial charge in [-0.15, -0.1) is 0 Å². The number of hydrogen-bond acceptors (Lipinski definition) is 2. The summed E-state index contributed by atoms with van der Waals surface area (Å²) >= 11 is 0. The molecule has 0 saturated heterocycles. The lowest BCUT2D eigenvalue weighted by Crippen LogP contribution is -2.15. The highest BCUT2D eigenvalue weighted by Crippen LogP contribution is 2.42. The second-order valence-corrected chi connectivity index (χ2v) is 5.65. The molecule has 27 heavy (non-hydrogen) atoms. The van der Waals surface area contributed by atoms with Crippen molar-refractivity contribution in [2.75, 3.05) is 4.90 Å². The second-order valence-electron chi connectivity index (χ2n) is 5.65. The predicted octanol–water partition coefficient (Wildman–Crippen LogP) is 6.59. The van der Waals surface area contributed by atoms with E-state index in [1.807, 2.05) is 0 Å². The number of benzene rings is 2. The first kappa shape index (κ1) is 18.8. The molecule has 1 aromatic heterocycles. The van der Waals surface area contributed by atoms with Gasteiger partial charge in [-0.1, -0.05) is 18.2 Å². The highest BCUT2D eigenvalue weighted by Gasteiger charge is 2.37. The lowest BCUT2D eigenvalue weighted by atomic mass is 10.1. The second kappa shape index (κ2) is 6.94. The van der Waals surface area contributed by atoms with Gasteiger partial charge in [0.05, 0.1) is 23.0 Å². The van der Waals surface area contributed by atoms with E-state index in [4.69, 9.17) is 0 Å². The van der Waals surface area contributed by atoms with Gasteiger partial charge in [-0.2, -0.15) is 26.3 Å². The van der Waals surface area contributed by atoms with E-state index in [1.54, 1.807) is 42.5 Å². The molecule has 1 heterocycles. The minimum atomic E-state index is -4.92. The highest BCUT2D eigenvalue weighted by atomic mass is 19.4. The largest absolute Gasteiger partial charge is 0.416 e. The summed E-state index contributed by atoms with van der Waals surface area (Å²) in [5.74, 6) is 0. The number of alkyl halides is 6. The Hall–Kier alpha value is -3.03. The molecule has 140 valence electrons. The van der Waals surface area contributed by atoms with E-state index >= 15 is 0 Å². The average Bonchev–Trinajstić information content (AvgIpc) is 2.62. The molecule has 0 unspecified atom stereocenters. The van der Waals surface area contributed by atoms with Crippen LogP contribution < -0.4 is 4.90 Å². The Morgan fingerprint density at radius 2 is 1.19 bits per heavy atom. The zero-order valence-electron chi connectivity index (χ0n) is 13.6. The molecule has 0 radical (unpaired) electrons. The zero-order chi connectivity index (χ0) is 19.7. The molecule has 0 amide bonds. The van der Waals surface area contributed by atoms with E-state index in [2.05, 4.69) is 4.98 Å². The van der Waals surface area contributed by atoms with Crippen molar-refractivity contribution >= 4 is 17.1 Å². The summed E-state index contributed by atoms with van der Waals surface area (Å²) in [6, 6.07) is 12.7. The Bertz CT molecular complexity index is 833. The summed E-state index contributed by atoms with van der Waals surface area (Å²) in [4.78, 5) is 5.20. The first-order chi connectivity index (χ1) is 12.7. The molecule has 8 heteroatoms. The lowest BCUT2D eigenvalue weighted by molar-refractivity contribution is -0.143. The van der Waals surface area contributed by atoms with Crippen molar-refractivity contribution in [2.24, 2.45) is 0 Å². The van der Waals surface area contributed by atoms with E-state index in [-0.39, 0.29) is 11.8 Å². The summed E-state index contributed by atoms with van der Waals surface area (Å²) in [7, 11) is 0. The molecule has 3 aromatic rings. The molecule has 0 spiro atoms. The van der Waals surface area contributed by atoms with Crippen LogP contribution in [0.25, 0.3) is 0 Å². The van der Waals surface area contributed by atoms with Crippen LogP contribution in [-0.2, 0) is 12.4 Å². The molecule has 0 saturated carbocycles. The van der Waals surface area contributed by atoms with Crippen LogP contribution in [0, 0.1) is 0 Å². The van der Waals surface area contributed by atoms with Gasteiger partial charge in [-0.25, -0.2) is 0 Å². The summed E-state index contributed by atoms with van der Waals surface area (Å²) in [5.41, 5.74) is -2.29. The quantitative estimate of drug-likeness (QED) is 0.475. The number of rotatable bonds is 3. The normalized spacial score (nSPS) is 12.1. The van der Waals surface area contributed by atoms with Gasteiger partial charge >= 0.3 is 12.4 Å². The monoisotopic (exact) mass is 382 g/mol. The fourth-order valence-electron chi connectivity index (χ4n) is 2.58. The van der Waals surface area contributed by atoms with Gasteiger partial charge in [-0.3, -0.25) is 4.98 Å². The number of pyridine rings is 1. The van der Waals surface area contributed by atoms with Crippen molar-refractivity contribution in [1.82, 2.24) is 4.98 Å². The van der Waals surface area contributed by atoms with Crippen molar-refractivity contribution < 1.29 is 26.3 Å². The fourth-order valence-corrected chi connectivity index (χ4v) is 2.58. The van der Waals surface area contributed by atoms with Gasteiger partial charge in [0.15, 0.2) is 0 Å². The van der Waals surface area contributed by atoms with Crippen molar-refractivity contribution in [2.45, 2.75) is 12.4 Å². The molecule has 0 aliphatic rings. The third kappa shape index (κ3) is 4.21. The Labute approximate surface area is 150 Å². The van der Waals surface area contributed by atoms with Gasteiger partial charge in [0.1, 0.15) is 0 Å². The number of halogens is 6. The molecule has 0 N–H and O–H groups in total. The number of aromatic nitrogens is 1. The number of hydrogen-bond donors (Lipinski definition) is 0. The maximum Gasteiger partial charge on any atom is 0.416 e. The Balaban J connectivity index is 2.26. The summed E-state index contributed by atoms with van der Waals surface area (Å²) < 4.78 is 79.2. The SMILES string of the molecule is FC(F)(F)c1cc(N(c2ccccc2)c2cccnc2)cc(C(F)(F)F)c1. The van der Waals surface area contributed by atoms with Gasteiger partial charge in [0.25, 0.3) is 0 Å². The molecule has 0 atom stereocenters. The van der Waals surface area contributed by atoms with Crippen LogP contribution in [0.2, 0.25) is 0 Å². The van der Waals surface area contributed by atoms with Gasteiger partial charge in [0, 0.05) is 17.6 Å². The maximum atomic E-state index is 13.2. The van der Waals surface area contributed by atoms with Crippen LogP contribution in [0.3, 0.4) is 0 Å². The minimum Gasteiger partial charge on any atom is -0.309 e. The molecule has 0 bridgehead atoms. The summed E-state index contributed by atoms with van der Waals surface area (Å²) in [6.07, 6.45) is -7.03. The molecule has 0 fully saturated rings. The van der Waals surface area contributed by atoms with E-state index in [1.165, 1.54) is 17.3 Å². The topological polar surface area (TPSA) is 16.1 Å². The third-order valence-corrected chi connectivity index (χ3v) is 3.75. The van der Waals surface area contributed by atoms with Crippen molar-refractivity contribution in [1.29, 1.82) is 0 Å². The lowest BCUT2D eigenvalue weighted by Gasteiger charge is -2.26. The van der Waals surface area contributed by atoms with E-state index in [9.17, 15) is 26.3 Å². The van der Waals surface area contributed by atoms with E-state index in [0.29, 0.717) is 23.5 Å². The van der Waals surface area contributed by atoms with Crippen molar-refractivity contribution in [3.63, 3.8) is 0 Å². The third-order valence-electron chi connectivity index (χ3n) is 3.75. The first-order valence-electron chi connectivity index (χ1n) is 7.71. The van der Waals surface area contributed by atoms with Gasteiger partial charge < -0.3 is 4.90 Å². The molecule has 0 aliphatic carbocycles. The van der Waals surface area contributed by atoms with Crippen LogP contribution in [0.5, 0.6) is 0 Å². The standard InChI is InChI=1S/C19H12F6N2/c20-18(21,22)13-9-14(19(23,24)25)11-17(10-13)27(15-5-2-1-3-6-15)16-7-4-8-26-12-16/h1-12H. The highest BCUT2D eigenvalue weighted by molar-refractivity contribution is 5.76. The predicted molar refractivity (Wildman–Crippen MR) is 88.9 cm³/mol. The van der Waals surface area contributed by atoms with Gasteiger partial charge in [0.2, 0.25) is 0 Å². The Kier molecular flexibility index (Phi) is 4.82. The van der Waals surface area contributed by atoms with Crippen LogP contribution in [-0.4, -0.2) is 4.98 Å². The number of para-hydroxylation sites is 1. The molecular weight excluding hydrogens is 370 g/mol. The van der Waals surface area contributed by atoms with E-state index in [0.717, 1.165) is 0 Å². The zero-order valence-corrected chi connectivity index (χ0v) is 13.6. The average molecular weight is 382 g/mol.